The summed E-state index contributed by atoms with van der Waals surface area (Å²) in [5, 5.41) is 20.2. The number of aromatic nitrogens is 1. The van der Waals surface area contributed by atoms with Gasteiger partial charge in [0, 0.05) is 25.8 Å². The number of hydrogen-bond acceptors (Lipinski definition) is 8. The average molecular weight is 619 g/mol. The highest BCUT2D eigenvalue weighted by molar-refractivity contribution is 5.84. The second-order valence-electron chi connectivity index (χ2n) is 10.4. The molecule has 1 saturated heterocycles. The van der Waals surface area contributed by atoms with E-state index in [1.807, 2.05) is 72.8 Å². The topological polar surface area (TPSA) is 171 Å². The lowest BCUT2D eigenvalue weighted by atomic mass is 10.1. The number of carbonyl (C=O) groups excluding carboxylic acids is 3. The van der Waals surface area contributed by atoms with Crippen LogP contribution >= 0.6 is 0 Å². The van der Waals surface area contributed by atoms with Gasteiger partial charge in [-0.15, -0.1) is 0 Å². The van der Waals surface area contributed by atoms with E-state index in [4.69, 9.17) is 9.47 Å². The molecule has 0 unspecified atom stereocenters. The fourth-order valence-electron chi connectivity index (χ4n) is 4.74. The number of urea groups is 1. The number of carboxylic acids is 1. The number of benzene rings is 2. The van der Waals surface area contributed by atoms with E-state index in [9.17, 15) is 24.3 Å². The van der Waals surface area contributed by atoms with E-state index in [0.29, 0.717) is 31.7 Å². The van der Waals surface area contributed by atoms with Crippen molar-refractivity contribution in [3.8, 4) is 0 Å². The van der Waals surface area contributed by atoms with Gasteiger partial charge in [-0.05, 0) is 36.1 Å². The number of ether oxygens (including phenoxy) is 2. The van der Waals surface area contributed by atoms with E-state index >= 15 is 0 Å². The van der Waals surface area contributed by atoms with E-state index in [1.54, 1.807) is 17.2 Å². The van der Waals surface area contributed by atoms with Gasteiger partial charge in [0.25, 0.3) is 0 Å². The molecule has 4 amide bonds. The van der Waals surface area contributed by atoms with Crippen LogP contribution in [-0.2, 0) is 32.1 Å². The maximum atomic E-state index is 13.0. The number of amides is 4. The van der Waals surface area contributed by atoms with Gasteiger partial charge in [0.2, 0.25) is 5.91 Å². The molecule has 3 aromatic rings. The van der Waals surface area contributed by atoms with E-state index in [-0.39, 0.29) is 32.3 Å². The summed E-state index contributed by atoms with van der Waals surface area (Å²) in [6.45, 7) is 0.352. The van der Waals surface area contributed by atoms with Crippen LogP contribution in [0.3, 0.4) is 0 Å². The minimum atomic E-state index is -1.34. The van der Waals surface area contributed by atoms with Crippen LogP contribution in [0, 0.1) is 0 Å². The second kappa shape index (κ2) is 17.2. The molecule has 238 valence electrons. The van der Waals surface area contributed by atoms with Crippen molar-refractivity contribution in [3.63, 3.8) is 0 Å². The summed E-state index contributed by atoms with van der Waals surface area (Å²) in [4.78, 5) is 55.2. The van der Waals surface area contributed by atoms with Crippen LogP contribution in [0.5, 0.6) is 0 Å². The first kappa shape index (κ1) is 32.7. The zero-order valence-electron chi connectivity index (χ0n) is 24.8. The number of nitrogens with zero attached hydrogens (tertiary/aromatic N) is 2. The van der Waals surface area contributed by atoms with E-state index in [1.165, 1.54) is 0 Å². The molecule has 0 bridgehead atoms. The van der Waals surface area contributed by atoms with Crippen molar-refractivity contribution < 1.29 is 33.8 Å². The molecule has 1 aliphatic rings. The molecule has 0 radical (unpaired) electrons. The van der Waals surface area contributed by atoms with Gasteiger partial charge in [-0.1, -0.05) is 66.7 Å². The molecule has 5 N–H and O–H groups in total. The Kier molecular flexibility index (Phi) is 12.5. The van der Waals surface area contributed by atoms with Crippen molar-refractivity contribution in [3.05, 3.63) is 96.2 Å². The first-order valence-electron chi connectivity index (χ1n) is 14.7. The predicted molar refractivity (Wildman–Crippen MR) is 165 cm³/mol. The lowest BCUT2D eigenvalue weighted by molar-refractivity contribution is -0.139. The highest BCUT2D eigenvalue weighted by atomic mass is 16.6. The van der Waals surface area contributed by atoms with E-state index in [2.05, 4.69) is 26.3 Å². The van der Waals surface area contributed by atoms with Gasteiger partial charge >= 0.3 is 18.1 Å². The van der Waals surface area contributed by atoms with Gasteiger partial charge in [0.05, 0.1) is 18.7 Å². The summed E-state index contributed by atoms with van der Waals surface area (Å²) < 4.78 is 11.4. The molecule has 1 aromatic heterocycles. The maximum Gasteiger partial charge on any atom is 0.410 e. The number of nitrogens with one attached hydrogen (secondary N) is 4. The van der Waals surface area contributed by atoms with Gasteiger partial charge < -0.3 is 40.7 Å². The summed E-state index contributed by atoms with van der Waals surface area (Å²) in [5.74, 6) is -1.19. The molecular formula is C32H38N6O7. The Labute approximate surface area is 261 Å². The predicted octanol–water partition coefficient (Wildman–Crippen LogP) is 2.40. The summed E-state index contributed by atoms with van der Waals surface area (Å²) in [6.07, 6.45) is 1.73. The fourth-order valence-corrected chi connectivity index (χ4v) is 4.74. The smallest absolute Gasteiger partial charge is 0.410 e. The number of anilines is 1. The SMILES string of the molecule is O=C(CO[C@@H]1C[C@@H](CNc2ccccn2)N(C(=O)OCc2ccccc2)C1)NC[C@H](NC(=O)NCCc1ccccc1)C(=O)O. The zero-order valence-corrected chi connectivity index (χ0v) is 24.8. The third-order valence-electron chi connectivity index (χ3n) is 7.10. The molecule has 2 aromatic carbocycles. The Morgan fingerprint density at radius 2 is 1.64 bits per heavy atom. The number of carbonyl (C=O) groups is 4. The molecule has 0 aliphatic carbocycles. The van der Waals surface area contributed by atoms with Crippen molar-refractivity contribution in [2.24, 2.45) is 0 Å². The molecule has 13 nitrogen and oxygen atoms in total. The summed E-state index contributed by atoms with van der Waals surface area (Å²) in [5.41, 5.74) is 1.89. The van der Waals surface area contributed by atoms with E-state index in [0.717, 1.165) is 11.1 Å². The minimum absolute atomic E-state index is 0.119. The summed E-state index contributed by atoms with van der Waals surface area (Å²) in [6, 6.07) is 22.1. The van der Waals surface area contributed by atoms with Gasteiger partial charge in [-0.2, -0.15) is 0 Å². The first-order chi connectivity index (χ1) is 21.9. The highest BCUT2D eigenvalue weighted by Crippen LogP contribution is 2.22. The molecule has 45 heavy (non-hydrogen) atoms. The first-order valence-corrected chi connectivity index (χ1v) is 14.7. The van der Waals surface area contributed by atoms with E-state index < -0.39 is 36.1 Å². The molecule has 1 fully saturated rings. The number of carboxylic acid groups (broad SMARTS) is 1. The van der Waals surface area contributed by atoms with Crippen molar-refractivity contribution in [1.82, 2.24) is 25.8 Å². The largest absolute Gasteiger partial charge is 0.480 e. The Hall–Kier alpha value is -5.17. The number of likely N-dealkylation sites (tertiary alicyclic amines) is 1. The number of pyridine rings is 1. The minimum Gasteiger partial charge on any atom is -0.480 e. The summed E-state index contributed by atoms with van der Waals surface area (Å²) in [7, 11) is 0. The third-order valence-corrected chi connectivity index (χ3v) is 7.10. The van der Waals surface area contributed by atoms with Crippen LogP contribution in [0.15, 0.2) is 85.1 Å². The van der Waals surface area contributed by atoms with Crippen molar-refractivity contribution in [1.29, 1.82) is 0 Å². The lowest BCUT2D eigenvalue weighted by Gasteiger charge is -2.24. The molecular weight excluding hydrogens is 580 g/mol. The molecule has 2 heterocycles. The molecule has 13 heteroatoms. The fraction of sp³-hybridized carbons (Fsp3) is 0.344. The highest BCUT2D eigenvalue weighted by Gasteiger charge is 2.37. The van der Waals surface area contributed by atoms with Crippen LogP contribution < -0.4 is 21.3 Å². The Morgan fingerprint density at radius 3 is 2.33 bits per heavy atom. The Bertz CT molecular complexity index is 1380. The molecule has 1 aliphatic heterocycles. The Balaban J connectivity index is 1.22. The van der Waals surface area contributed by atoms with Crippen LogP contribution in [0.2, 0.25) is 0 Å². The van der Waals surface area contributed by atoms with Gasteiger partial charge in [-0.3, -0.25) is 4.79 Å². The molecule has 4 rings (SSSR count). The van der Waals surface area contributed by atoms with Crippen LogP contribution in [-0.4, -0.2) is 90.0 Å². The quantitative estimate of drug-likeness (QED) is 0.172. The third kappa shape index (κ3) is 11.1. The Morgan fingerprint density at radius 1 is 0.933 bits per heavy atom. The number of aliphatic carboxylic acids is 1. The zero-order chi connectivity index (χ0) is 31.9. The molecule has 0 saturated carbocycles. The molecule has 3 atom stereocenters. The second-order valence-corrected chi connectivity index (χ2v) is 10.4. The van der Waals surface area contributed by atoms with Crippen molar-refractivity contribution in [2.75, 3.05) is 38.1 Å². The van der Waals surface area contributed by atoms with Crippen molar-refractivity contribution >= 4 is 29.8 Å². The average Bonchev–Trinajstić information content (AvgIpc) is 3.48. The maximum absolute atomic E-state index is 13.0. The number of rotatable bonds is 15. The summed E-state index contributed by atoms with van der Waals surface area (Å²) >= 11 is 0. The van der Waals surface area contributed by atoms with Gasteiger partial charge in [-0.25, -0.2) is 19.4 Å². The number of hydrogen-bond donors (Lipinski definition) is 5. The van der Waals surface area contributed by atoms with Crippen LogP contribution in [0.25, 0.3) is 0 Å². The van der Waals surface area contributed by atoms with Gasteiger partial charge in [0.15, 0.2) is 0 Å². The monoisotopic (exact) mass is 618 g/mol. The lowest BCUT2D eigenvalue weighted by Crippen LogP contribution is -2.52. The standard InChI is InChI=1S/C32H38N6O7/c39-29(36-19-27(30(40)41)37-31(42)34-16-14-23-9-3-1-4-10-23)22-44-26-17-25(18-35-28-13-7-8-15-33-28)38(20-26)32(43)45-21-24-11-5-2-6-12-24/h1-13,15,25-27H,14,16-22H2,(H,33,35)(H,36,39)(H,40,41)(H2,34,37,42)/t25-,26+,27-/m0/s1. The van der Waals surface area contributed by atoms with Crippen LogP contribution in [0.1, 0.15) is 17.5 Å². The normalized spacial score (nSPS) is 16.3. The molecule has 0 spiro atoms. The van der Waals surface area contributed by atoms with Crippen molar-refractivity contribution in [2.45, 2.75) is 37.6 Å². The van der Waals surface area contributed by atoms with Gasteiger partial charge in [0.1, 0.15) is 25.1 Å². The van der Waals surface area contributed by atoms with Crippen LogP contribution in [0.4, 0.5) is 15.4 Å².